The van der Waals surface area contributed by atoms with Crippen molar-refractivity contribution in [3.05, 3.63) is 58.2 Å². The second-order valence-electron chi connectivity index (χ2n) is 6.31. The van der Waals surface area contributed by atoms with Gasteiger partial charge in [-0.05, 0) is 81.1 Å². The highest BCUT2D eigenvalue weighted by Crippen LogP contribution is 2.26. The first kappa shape index (κ1) is 18.2. The van der Waals surface area contributed by atoms with Gasteiger partial charge < -0.3 is 10.2 Å². The van der Waals surface area contributed by atoms with E-state index in [2.05, 4.69) is 17.1 Å². The van der Waals surface area contributed by atoms with Gasteiger partial charge >= 0.3 is 0 Å². The summed E-state index contributed by atoms with van der Waals surface area (Å²) in [6, 6.07) is 6.24. The molecule has 0 aliphatic carbocycles. The highest BCUT2D eigenvalue weighted by molar-refractivity contribution is 5.60. The lowest BCUT2D eigenvalue weighted by atomic mass is 10.1. The van der Waals surface area contributed by atoms with E-state index < -0.39 is 0 Å². The van der Waals surface area contributed by atoms with Crippen molar-refractivity contribution in [2.75, 3.05) is 29.9 Å². The molecule has 0 aromatic heterocycles. The molecule has 0 atom stereocenters. The van der Waals surface area contributed by atoms with Gasteiger partial charge in [0.05, 0.1) is 0 Å². The second kappa shape index (κ2) is 7.65. The number of rotatable bonds is 6. The number of anilines is 2. The number of hydrogen-bond donors (Lipinski definition) is 1. The normalized spacial score (nSPS) is 10.8. The first-order valence-electron chi connectivity index (χ1n) is 8.35. The Balaban J connectivity index is 2.11. The van der Waals surface area contributed by atoms with E-state index in [1.165, 1.54) is 0 Å². The number of halogens is 2. The van der Waals surface area contributed by atoms with Gasteiger partial charge in [0, 0.05) is 31.0 Å². The van der Waals surface area contributed by atoms with E-state index in [1.54, 1.807) is 24.3 Å². The summed E-state index contributed by atoms with van der Waals surface area (Å²) in [6.07, 6.45) is 0. The zero-order chi connectivity index (χ0) is 17.9. The fourth-order valence-electron chi connectivity index (χ4n) is 3.34. The van der Waals surface area contributed by atoms with E-state index in [4.69, 9.17) is 0 Å². The van der Waals surface area contributed by atoms with Crippen LogP contribution in [0.2, 0.25) is 0 Å². The number of benzene rings is 2. The maximum Gasteiger partial charge on any atom is 0.123 e. The molecule has 130 valence electrons. The van der Waals surface area contributed by atoms with E-state index in [0.29, 0.717) is 0 Å². The van der Waals surface area contributed by atoms with Crippen LogP contribution in [-0.4, -0.2) is 19.6 Å². The van der Waals surface area contributed by atoms with Gasteiger partial charge in [0.25, 0.3) is 0 Å². The van der Waals surface area contributed by atoms with Crippen LogP contribution in [0, 0.1) is 39.3 Å². The summed E-state index contributed by atoms with van der Waals surface area (Å²) in [6.45, 7) is 12.2. The predicted octanol–water partition coefficient (Wildman–Crippen LogP) is 5.14. The van der Waals surface area contributed by atoms with Gasteiger partial charge in [0.1, 0.15) is 11.6 Å². The summed E-state index contributed by atoms with van der Waals surface area (Å²) >= 11 is 0. The quantitative estimate of drug-likeness (QED) is 0.788. The Hall–Kier alpha value is -2.10. The monoisotopic (exact) mass is 332 g/mol. The SMILES string of the molecule is CCN(CCNc1c(C)cc(F)cc1C)c1c(C)cc(F)cc1C. The Morgan fingerprint density at radius 3 is 1.75 bits per heavy atom. The molecule has 2 aromatic rings. The van der Waals surface area contributed by atoms with Crippen molar-refractivity contribution in [3.8, 4) is 0 Å². The molecule has 0 saturated carbocycles. The van der Waals surface area contributed by atoms with E-state index in [9.17, 15) is 8.78 Å². The zero-order valence-electron chi connectivity index (χ0n) is 15.1. The molecule has 2 rings (SSSR count). The molecule has 2 nitrogen and oxygen atoms in total. The van der Waals surface area contributed by atoms with Crippen LogP contribution in [-0.2, 0) is 0 Å². The smallest absolute Gasteiger partial charge is 0.123 e. The Labute approximate surface area is 143 Å². The van der Waals surface area contributed by atoms with E-state index in [1.807, 2.05) is 27.7 Å². The van der Waals surface area contributed by atoms with Crippen molar-refractivity contribution >= 4 is 11.4 Å². The number of hydrogen-bond acceptors (Lipinski definition) is 2. The van der Waals surface area contributed by atoms with Gasteiger partial charge in [-0.15, -0.1) is 0 Å². The number of likely N-dealkylation sites (N-methyl/N-ethyl adjacent to an activating group) is 1. The Kier molecular flexibility index (Phi) is 5.81. The third-order valence-electron chi connectivity index (χ3n) is 4.33. The molecule has 2 aromatic carbocycles. The average molecular weight is 332 g/mol. The molecule has 24 heavy (non-hydrogen) atoms. The second-order valence-corrected chi connectivity index (χ2v) is 6.31. The van der Waals surface area contributed by atoms with Crippen molar-refractivity contribution in [1.29, 1.82) is 0 Å². The molecule has 1 N–H and O–H groups in total. The molecule has 0 saturated heterocycles. The van der Waals surface area contributed by atoms with Crippen LogP contribution >= 0.6 is 0 Å². The number of nitrogens with one attached hydrogen (secondary N) is 1. The number of nitrogens with zero attached hydrogens (tertiary/aromatic N) is 1. The number of aryl methyl sites for hydroxylation is 4. The van der Waals surface area contributed by atoms with Crippen LogP contribution in [0.4, 0.5) is 20.2 Å². The van der Waals surface area contributed by atoms with Gasteiger partial charge in [0.2, 0.25) is 0 Å². The molecule has 0 aliphatic rings. The van der Waals surface area contributed by atoms with Crippen LogP contribution < -0.4 is 10.2 Å². The first-order chi connectivity index (χ1) is 11.3. The van der Waals surface area contributed by atoms with Crippen LogP contribution in [0.25, 0.3) is 0 Å². The van der Waals surface area contributed by atoms with Crippen LogP contribution in [0.5, 0.6) is 0 Å². The summed E-state index contributed by atoms with van der Waals surface area (Å²) in [5.41, 5.74) is 5.79. The molecule has 0 heterocycles. The molecule has 0 aliphatic heterocycles. The van der Waals surface area contributed by atoms with Crippen LogP contribution in [0.1, 0.15) is 29.2 Å². The van der Waals surface area contributed by atoms with Crippen molar-refractivity contribution in [3.63, 3.8) is 0 Å². The minimum atomic E-state index is -0.205. The minimum absolute atomic E-state index is 0.194. The Morgan fingerprint density at radius 1 is 0.833 bits per heavy atom. The standard InChI is InChI=1S/C20H26F2N2/c1-6-24(20-15(4)11-18(22)12-16(20)5)8-7-23-19-13(2)9-17(21)10-14(19)3/h9-12,23H,6-8H2,1-5H3. The Bertz CT molecular complexity index is 680. The summed E-state index contributed by atoms with van der Waals surface area (Å²) in [5.74, 6) is -0.399. The van der Waals surface area contributed by atoms with Crippen LogP contribution in [0.3, 0.4) is 0 Å². The first-order valence-corrected chi connectivity index (χ1v) is 8.35. The van der Waals surface area contributed by atoms with E-state index in [-0.39, 0.29) is 11.6 Å². The maximum absolute atomic E-state index is 13.5. The lowest BCUT2D eigenvalue weighted by molar-refractivity contribution is 0.624. The fraction of sp³-hybridized carbons (Fsp3) is 0.400. The van der Waals surface area contributed by atoms with Gasteiger partial charge in [-0.3, -0.25) is 0 Å². The molecular weight excluding hydrogens is 306 g/mol. The molecule has 0 bridgehead atoms. The lowest BCUT2D eigenvalue weighted by Gasteiger charge is -2.27. The zero-order valence-corrected chi connectivity index (χ0v) is 15.1. The van der Waals surface area contributed by atoms with E-state index in [0.717, 1.165) is 53.3 Å². The predicted molar refractivity (Wildman–Crippen MR) is 98.1 cm³/mol. The average Bonchev–Trinajstić information content (AvgIpc) is 2.46. The largest absolute Gasteiger partial charge is 0.383 e. The minimum Gasteiger partial charge on any atom is -0.383 e. The van der Waals surface area contributed by atoms with Crippen molar-refractivity contribution in [2.24, 2.45) is 0 Å². The summed E-state index contributed by atoms with van der Waals surface area (Å²) in [7, 11) is 0. The van der Waals surface area contributed by atoms with E-state index >= 15 is 0 Å². The lowest BCUT2D eigenvalue weighted by Crippen LogP contribution is -2.30. The molecule has 0 unspecified atom stereocenters. The summed E-state index contributed by atoms with van der Waals surface area (Å²) in [5, 5.41) is 3.41. The highest BCUT2D eigenvalue weighted by atomic mass is 19.1. The maximum atomic E-state index is 13.5. The van der Waals surface area contributed by atoms with Crippen molar-refractivity contribution in [1.82, 2.24) is 0 Å². The molecule has 4 heteroatoms. The molecule has 0 radical (unpaired) electrons. The van der Waals surface area contributed by atoms with Gasteiger partial charge in [-0.1, -0.05) is 0 Å². The van der Waals surface area contributed by atoms with Gasteiger partial charge in [-0.2, -0.15) is 0 Å². The Morgan fingerprint density at radius 2 is 1.29 bits per heavy atom. The van der Waals surface area contributed by atoms with Crippen LogP contribution in [0.15, 0.2) is 24.3 Å². The summed E-state index contributed by atoms with van der Waals surface area (Å²) < 4.78 is 26.9. The highest BCUT2D eigenvalue weighted by Gasteiger charge is 2.12. The third kappa shape index (κ3) is 4.05. The topological polar surface area (TPSA) is 15.3 Å². The summed E-state index contributed by atoms with van der Waals surface area (Å²) in [4.78, 5) is 2.24. The van der Waals surface area contributed by atoms with Crippen molar-refractivity contribution in [2.45, 2.75) is 34.6 Å². The van der Waals surface area contributed by atoms with Gasteiger partial charge in [-0.25, -0.2) is 8.78 Å². The molecule has 0 fully saturated rings. The molecular formula is C20H26F2N2. The van der Waals surface area contributed by atoms with Gasteiger partial charge in [0.15, 0.2) is 0 Å². The molecule has 0 amide bonds. The molecule has 0 spiro atoms. The van der Waals surface area contributed by atoms with Crippen molar-refractivity contribution < 1.29 is 8.78 Å². The fourth-order valence-corrected chi connectivity index (χ4v) is 3.34. The third-order valence-corrected chi connectivity index (χ3v) is 4.33.